The molecular weight excluding hydrogens is 464 g/mol. The van der Waals surface area contributed by atoms with Crippen LogP contribution in [0.25, 0.3) is 11.2 Å². The van der Waals surface area contributed by atoms with E-state index in [-0.39, 0.29) is 30.3 Å². The predicted octanol–water partition coefficient (Wildman–Crippen LogP) is -0.0315. The number of pyridine rings is 1. The molecule has 1 unspecified atom stereocenters. The van der Waals surface area contributed by atoms with Crippen LogP contribution in [0.2, 0.25) is 0 Å². The molecule has 12 heteroatoms. The van der Waals surface area contributed by atoms with Gasteiger partial charge in [0.1, 0.15) is 6.54 Å². The SMILES string of the molecule is CC#CCn1c(N2CCCC(N)C2)nc2c1c(=O)n(Cc1ncccc1NC)c(=O)n2CC(=O)OC. The summed E-state index contributed by atoms with van der Waals surface area (Å²) in [4.78, 5) is 50.7. The Kier molecular flexibility index (Phi) is 7.40. The number of ether oxygens (including phenoxy) is 1. The maximum absolute atomic E-state index is 13.8. The van der Waals surface area contributed by atoms with Gasteiger partial charge in [-0.05, 0) is 31.9 Å². The Morgan fingerprint density at radius 3 is 2.81 bits per heavy atom. The zero-order chi connectivity index (χ0) is 25.8. The molecule has 0 bridgehead atoms. The molecule has 12 nitrogen and oxygen atoms in total. The molecule has 190 valence electrons. The summed E-state index contributed by atoms with van der Waals surface area (Å²) in [6.07, 6.45) is 3.35. The van der Waals surface area contributed by atoms with E-state index in [4.69, 9.17) is 15.5 Å². The maximum atomic E-state index is 13.8. The first-order valence-corrected chi connectivity index (χ1v) is 11.7. The summed E-state index contributed by atoms with van der Waals surface area (Å²) < 4.78 is 8.77. The van der Waals surface area contributed by atoms with E-state index in [0.717, 1.165) is 17.4 Å². The Morgan fingerprint density at radius 2 is 2.11 bits per heavy atom. The van der Waals surface area contributed by atoms with Crippen molar-refractivity contribution in [1.29, 1.82) is 0 Å². The van der Waals surface area contributed by atoms with Gasteiger partial charge in [-0.15, -0.1) is 5.92 Å². The van der Waals surface area contributed by atoms with E-state index >= 15 is 0 Å². The van der Waals surface area contributed by atoms with Gasteiger partial charge >= 0.3 is 11.7 Å². The van der Waals surface area contributed by atoms with Crippen molar-refractivity contribution in [3.8, 4) is 11.8 Å². The largest absolute Gasteiger partial charge is 0.468 e. The Morgan fingerprint density at radius 1 is 1.31 bits per heavy atom. The lowest BCUT2D eigenvalue weighted by Gasteiger charge is -2.31. The van der Waals surface area contributed by atoms with Gasteiger partial charge in [0, 0.05) is 32.4 Å². The van der Waals surface area contributed by atoms with Crippen molar-refractivity contribution in [3.63, 3.8) is 0 Å². The molecule has 4 rings (SSSR count). The molecule has 1 atom stereocenters. The van der Waals surface area contributed by atoms with Gasteiger partial charge in [-0.2, -0.15) is 4.98 Å². The van der Waals surface area contributed by atoms with Crippen molar-refractivity contribution in [1.82, 2.24) is 23.7 Å². The van der Waals surface area contributed by atoms with E-state index < -0.39 is 23.8 Å². The average Bonchev–Trinajstić information content (AvgIpc) is 3.27. The summed E-state index contributed by atoms with van der Waals surface area (Å²) in [6.45, 7) is 2.65. The summed E-state index contributed by atoms with van der Waals surface area (Å²) in [5.41, 5.74) is 6.45. The number of carbonyl (C=O) groups excluding carboxylic acids is 1. The Bertz CT molecular complexity index is 1460. The number of rotatable bonds is 7. The minimum absolute atomic E-state index is 0.0395. The number of fused-ring (bicyclic) bond motifs is 1. The molecule has 1 fully saturated rings. The van der Waals surface area contributed by atoms with Gasteiger partial charge in [-0.25, -0.2) is 4.79 Å². The number of carbonyl (C=O) groups is 1. The number of esters is 1. The minimum atomic E-state index is -0.682. The van der Waals surface area contributed by atoms with Gasteiger partial charge in [0.05, 0.1) is 31.6 Å². The third-order valence-corrected chi connectivity index (χ3v) is 6.23. The zero-order valence-corrected chi connectivity index (χ0v) is 20.7. The molecule has 0 amide bonds. The molecular formula is C24H30N8O4. The summed E-state index contributed by atoms with van der Waals surface area (Å²) >= 11 is 0. The number of nitrogens with two attached hydrogens (primary N) is 1. The van der Waals surface area contributed by atoms with E-state index in [0.29, 0.717) is 30.4 Å². The summed E-state index contributed by atoms with van der Waals surface area (Å²) in [5.74, 6) is 5.71. The van der Waals surface area contributed by atoms with Gasteiger partial charge < -0.3 is 20.7 Å². The van der Waals surface area contributed by atoms with Crippen LogP contribution in [-0.2, 0) is 29.2 Å². The van der Waals surface area contributed by atoms with E-state index in [2.05, 4.69) is 22.1 Å². The number of imidazole rings is 1. The summed E-state index contributed by atoms with van der Waals surface area (Å²) in [7, 11) is 2.97. The van der Waals surface area contributed by atoms with Crippen LogP contribution in [0.5, 0.6) is 0 Å². The molecule has 36 heavy (non-hydrogen) atoms. The number of anilines is 2. The van der Waals surface area contributed by atoms with Crippen LogP contribution in [0, 0.1) is 11.8 Å². The van der Waals surface area contributed by atoms with Gasteiger partial charge in [0.2, 0.25) is 5.95 Å². The van der Waals surface area contributed by atoms with Crippen molar-refractivity contribution in [2.24, 2.45) is 5.73 Å². The molecule has 0 aliphatic carbocycles. The number of hydrogen-bond acceptors (Lipinski definition) is 9. The number of aromatic nitrogens is 5. The van der Waals surface area contributed by atoms with Crippen molar-refractivity contribution in [3.05, 3.63) is 44.9 Å². The molecule has 1 aliphatic rings. The topological polar surface area (TPSA) is 142 Å². The lowest BCUT2D eigenvalue weighted by Crippen LogP contribution is -2.44. The Hall–Kier alpha value is -4.11. The average molecular weight is 495 g/mol. The molecule has 0 saturated carbocycles. The highest BCUT2D eigenvalue weighted by Gasteiger charge is 2.27. The fourth-order valence-corrected chi connectivity index (χ4v) is 4.44. The molecule has 0 spiro atoms. The molecule has 4 heterocycles. The van der Waals surface area contributed by atoms with Crippen molar-refractivity contribution >= 4 is 28.8 Å². The second kappa shape index (κ2) is 10.7. The van der Waals surface area contributed by atoms with Crippen molar-refractivity contribution in [2.75, 3.05) is 37.5 Å². The normalized spacial score (nSPS) is 15.4. The zero-order valence-electron chi connectivity index (χ0n) is 20.7. The van der Waals surface area contributed by atoms with Crippen LogP contribution in [0.3, 0.4) is 0 Å². The predicted molar refractivity (Wildman–Crippen MR) is 136 cm³/mol. The maximum Gasteiger partial charge on any atom is 0.333 e. The lowest BCUT2D eigenvalue weighted by molar-refractivity contribution is -0.141. The number of nitrogens with zero attached hydrogens (tertiary/aromatic N) is 6. The van der Waals surface area contributed by atoms with E-state index in [1.807, 2.05) is 4.90 Å². The third kappa shape index (κ3) is 4.70. The molecule has 0 radical (unpaired) electrons. The van der Waals surface area contributed by atoms with E-state index in [1.54, 1.807) is 36.9 Å². The highest BCUT2D eigenvalue weighted by Crippen LogP contribution is 2.23. The summed E-state index contributed by atoms with van der Waals surface area (Å²) in [5, 5.41) is 3.02. The molecule has 3 N–H and O–H groups in total. The fourth-order valence-electron chi connectivity index (χ4n) is 4.44. The molecule has 0 aromatic carbocycles. The van der Waals surface area contributed by atoms with Crippen LogP contribution in [0.4, 0.5) is 11.6 Å². The smallest absolute Gasteiger partial charge is 0.333 e. The number of nitrogens with one attached hydrogen (secondary N) is 1. The molecule has 1 saturated heterocycles. The first-order chi connectivity index (χ1) is 17.4. The second-order valence-corrected chi connectivity index (χ2v) is 8.53. The van der Waals surface area contributed by atoms with E-state index in [9.17, 15) is 14.4 Å². The number of hydrogen-bond donors (Lipinski definition) is 2. The van der Waals surface area contributed by atoms with Gasteiger partial charge in [-0.1, -0.05) is 5.92 Å². The second-order valence-electron chi connectivity index (χ2n) is 8.53. The molecule has 1 aliphatic heterocycles. The van der Waals surface area contributed by atoms with E-state index in [1.165, 1.54) is 11.7 Å². The minimum Gasteiger partial charge on any atom is -0.468 e. The first-order valence-electron chi connectivity index (χ1n) is 11.7. The highest BCUT2D eigenvalue weighted by atomic mass is 16.5. The monoisotopic (exact) mass is 494 g/mol. The van der Waals surface area contributed by atoms with Crippen LogP contribution >= 0.6 is 0 Å². The number of piperidine rings is 1. The van der Waals surface area contributed by atoms with Gasteiger partial charge in [0.25, 0.3) is 5.56 Å². The lowest BCUT2D eigenvalue weighted by atomic mass is 10.1. The summed E-state index contributed by atoms with van der Waals surface area (Å²) in [6, 6.07) is 3.52. The van der Waals surface area contributed by atoms with Crippen LogP contribution in [0.1, 0.15) is 25.5 Å². The Balaban J connectivity index is 2.01. The molecule has 3 aromatic rings. The number of methoxy groups -OCH3 is 1. The standard InChI is InChI=1S/C24H30N8O4/c1-4-5-12-30-20-21(28-23(30)29-11-7-8-16(25)13-29)31(15-19(33)36-3)24(35)32(22(20)34)14-18-17(26-2)9-6-10-27-18/h6,9-10,16,26H,7-8,11-15,25H2,1-3H3. The highest BCUT2D eigenvalue weighted by molar-refractivity contribution is 5.77. The van der Waals surface area contributed by atoms with Crippen LogP contribution < -0.4 is 27.2 Å². The van der Waals surface area contributed by atoms with Crippen LogP contribution in [0.15, 0.2) is 27.9 Å². The van der Waals surface area contributed by atoms with Gasteiger partial charge in [0.15, 0.2) is 11.2 Å². The van der Waals surface area contributed by atoms with Crippen LogP contribution in [-0.4, -0.2) is 62.9 Å². The third-order valence-electron chi connectivity index (χ3n) is 6.23. The Labute approximate surface area is 207 Å². The first kappa shape index (κ1) is 25.0. The van der Waals surface area contributed by atoms with Gasteiger partial charge in [-0.3, -0.25) is 28.3 Å². The van der Waals surface area contributed by atoms with Crippen molar-refractivity contribution in [2.45, 2.75) is 45.4 Å². The fraction of sp³-hybridized carbons (Fsp3) is 0.458. The van der Waals surface area contributed by atoms with Crippen molar-refractivity contribution < 1.29 is 9.53 Å². The molecule has 3 aromatic heterocycles. The quantitative estimate of drug-likeness (QED) is 0.342.